The summed E-state index contributed by atoms with van der Waals surface area (Å²) in [6, 6.07) is 0. The first kappa shape index (κ1) is 17.9. The third-order valence-electron chi connectivity index (χ3n) is 4.13. The molecule has 1 atom stereocenters. The van der Waals surface area contributed by atoms with E-state index in [0.717, 1.165) is 18.4 Å². The quantitative estimate of drug-likeness (QED) is 0.572. The highest BCUT2D eigenvalue weighted by Gasteiger charge is 2.17. The number of hydrogen-bond donors (Lipinski definition) is 2. The van der Waals surface area contributed by atoms with Crippen molar-refractivity contribution < 1.29 is 14.6 Å². The zero-order valence-electron chi connectivity index (χ0n) is 13.3. The van der Waals surface area contributed by atoms with Gasteiger partial charge >= 0.3 is 0 Å². The number of aliphatic hydroxyl groups is 1. The van der Waals surface area contributed by atoms with Crippen LogP contribution in [0.15, 0.2) is 0 Å². The van der Waals surface area contributed by atoms with E-state index in [1.807, 2.05) is 6.92 Å². The van der Waals surface area contributed by atoms with Crippen LogP contribution in [0, 0.1) is 11.8 Å². The van der Waals surface area contributed by atoms with Crippen molar-refractivity contribution in [3.63, 3.8) is 0 Å². The molecule has 0 spiro atoms. The zero-order chi connectivity index (χ0) is 14.6. The molecule has 1 aliphatic carbocycles. The van der Waals surface area contributed by atoms with Gasteiger partial charge in [0.05, 0.1) is 25.9 Å². The van der Waals surface area contributed by atoms with E-state index in [4.69, 9.17) is 9.47 Å². The van der Waals surface area contributed by atoms with Crippen LogP contribution >= 0.6 is 0 Å². The summed E-state index contributed by atoms with van der Waals surface area (Å²) in [5.74, 6) is 1.81. The van der Waals surface area contributed by atoms with Crippen LogP contribution in [0.3, 0.4) is 0 Å². The van der Waals surface area contributed by atoms with Crippen LogP contribution in [0.1, 0.15) is 46.0 Å². The van der Waals surface area contributed by atoms with E-state index in [1.165, 1.54) is 32.1 Å². The van der Waals surface area contributed by atoms with Crippen LogP contribution in [0.4, 0.5) is 0 Å². The molecule has 1 saturated carbocycles. The summed E-state index contributed by atoms with van der Waals surface area (Å²) >= 11 is 0. The lowest BCUT2D eigenvalue weighted by atomic mass is 9.81. The topological polar surface area (TPSA) is 50.7 Å². The predicted octanol–water partition coefficient (Wildman–Crippen LogP) is 2.21. The van der Waals surface area contributed by atoms with Gasteiger partial charge < -0.3 is 19.9 Å². The van der Waals surface area contributed by atoms with Gasteiger partial charge in [0.25, 0.3) is 0 Å². The summed E-state index contributed by atoms with van der Waals surface area (Å²) in [4.78, 5) is 0. The van der Waals surface area contributed by atoms with Gasteiger partial charge in [-0.3, -0.25) is 0 Å². The number of ether oxygens (including phenoxy) is 2. The Hall–Kier alpha value is -0.160. The fraction of sp³-hybridized carbons (Fsp3) is 1.00. The summed E-state index contributed by atoms with van der Waals surface area (Å²) in [5, 5.41) is 13.1. The van der Waals surface area contributed by atoms with Crippen LogP contribution in [0.5, 0.6) is 0 Å². The fourth-order valence-corrected chi connectivity index (χ4v) is 2.73. The first-order valence-corrected chi connectivity index (χ1v) is 8.26. The highest BCUT2D eigenvalue weighted by molar-refractivity contribution is 4.71. The van der Waals surface area contributed by atoms with Crippen molar-refractivity contribution in [2.24, 2.45) is 11.8 Å². The fourth-order valence-electron chi connectivity index (χ4n) is 2.73. The van der Waals surface area contributed by atoms with E-state index < -0.39 is 6.10 Å². The van der Waals surface area contributed by atoms with Crippen molar-refractivity contribution in [1.29, 1.82) is 0 Å². The predicted molar refractivity (Wildman–Crippen MR) is 81.9 cm³/mol. The van der Waals surface area contributed by atoms with E-state index >= 15 is 0 Å². The third-order valence-corrected chi connectivity index (χ3v) is 4.13. The summed E-state index contributed by atoms with van der Waals surface area (Å²) < 4.78 is 10.5. The molecule has 0 bridgehead atoms. The maximum Gasteiger partial charge on any atom is 0.0897 e. The van der Waals surface area contributed by atoms with Crippen LogP contribution < -0.4 is 5.32 Å². The van der Waals surface area contributed by atoms with Crippen molar-refractivity contribution in [2.45, 2.75) is 52.1 Å². The third kappa shape index (κ3) is 8.90. The molecule has 4 heteroatoms. The molecular formula is C16H33NO3. The Morgan fingerprint density at radius 1 is 1.15 bits per heavy atom. The van der Waals surface area contributed by atoms with E-state index in [-0.39, 0.29) is 0 Å². The number of hydrogen-bond acceptors (Lipinski definition) is 4. The van der Waals surface area contributed by atoms with E-state index in [0.29, 0.717) is 33.0 Å². The second kappa shape index (κ2) is 11.5. The van der Waals surface area contributed by atoms with Crippen LogP contribution in [-0.4, -0.2) is 50.7 Å². The van der Waals surface area contributed by atoms with Crippen molar-refractivity contribution in [1.82, 2.24) is 5.32 Å². The van der Waals surface area contributed by atoms with Gasteiger partial charge in [-0.25, -0.2) is 0 Å². The van der Waals surface area contributed by atoms with Crippen molar-refractivity contribution in [3.8, 4) is 0 Å². The molecule has 0 heterocycles. The highest BCUT2D eigenvalue weighted by atomic mass is 16.5. The smallest absolute Gasteiger partial charge is 0.0897 e. The summed E-state index contributed by atoms with van der Waals surface area (Å²) in [5.41, 5.74) is 0. The molecule has 20 heavy (non-hydrogen) atoms. The van der Waals surface area contributed by atoms with Crippen molar-refractivity contribution >= 4 is 0 Å². The Balaban J connectivity index is 1.87. The van der Waals surface area contributed by atoms with Crippen molar-refractivity contribution in [2.75, 3.05) is 39.5 Å². The Morgan fingerprint density at radius 2 is 1.85 bits per heavy atom. The van der Waals surface area contributed by atoms with Gasteiger partial charge in [-0.05, 0) is 31.7 Å². The Bertz CT molecular complexity index is 218. The van der Waals surface area contributed by atoms with Crippen LogP contribution in [0.25, 0.3) is 0 Å². The molecule has 1 unspecified atom stereocenters. The first-order chi connectivity index (χ1) is 9.72. The Morgan fingerprint density at radius 3 is 2.55 bits per heavy atom. The second-order valence-electron chi connectivity index (χ2n) is 6.04. The molecule has 0 aromatic heterocycles. The number of nitrogens with one attached hydrogen (secondary N) is 1. The number of aliphatic hydroxyl groups excluding tert-OH is 1. The standard InChI is InChI=1S/C16H33NO3/c1-3-19-10-11-20-13-16(18)12-17-9-8-15-6-4-14(2)5-7-15/h14-18H,3-13H2,1-2H3. The molecule has 2 N–H and O–H groups in total. The molecule has 120 valence electrons. The minimum Gasteiger partial charge on any atom is -0.389 e. The Kier molecular flexibility index (Phi) is 10.3. The lowest BCUT2D eigenvalue weighted by Gasteiger charge is -2.26. The molecule has 0 aromatic rings. The lowest BCUT2D eigenvalue weighted by Crippen LogP contribution is -2.32. The molecule has 0 saturated heterocycles. The monoisotopic (exact) mass is 287 g/mol. The van der Waals surface area contributed by atoms with Crippen molar-refractivity contribution in [3.05, 3.63) is 0 Å². The van der Waals surface area contributed by atoms with Gasteiger partial charge in [-0.15, -0.1) is 0 Å². The average Bonchev–Trinajstić information content (AvgIpc) is 2.45. The molecule has 0 amide bonds. The highest BCUT2D eigenvalue weighted by Crippen LogP contribution is 2.29. The molecule has 1 fully saturated rings. The molecule has 0 radical (unpaired) electrons. The second-order valence-corrected chi connectivity index (χ2v) is 6.04. The van der Waals surface area contributed by atoms with Crippen LogP contribution in [-0.2, 0) is 9.47 Å². The molecular weight excluding hydrogens is 254 g/mol. The van der Waals surface area contributed by atoms with Gasteiger partial charge in [0.15, 0.2) is 0 Å². The molecule has 1 aliphatic rings. The van der Waals surface area contributed by atoms with Gasteiger partial charge in [0, 0.05) is 13.2 Å². The first-order valence-electron chi connectivity index (χ1n) is 8.26. The summed E-state index contributed by atoms with van der Waals surface area (Å²) in [6.45, 7) is 8.23. The van der Waals surface area contributed by atoms with Gasteiger partial charge in [0.1, 0.15) is 0 Å². The maximum atomic E-state index is 9.75. The molecule has 1 rings (SSSR count). The minimum atomic E-state index is -0.414. The zero-order valence-corrected chi connectivity index (χ0v) is 13.3. The van der Waals surface area contributed by atoms with Gasteiger partial charge in [-0.1, -0.05) is 32.6 Å². The largest absolute Gasteiger partial charge is 0.389 e. The van der Waals surface area contributed by atoms with E-state index in [1.54, 1.807) is 0 Å². The minimum absolute atomic E-state index is 0.390. The molecule has 4 nitrogen and oxygen atoms in total. The van der Waals surface area contributed by atoms with Crippen LogP contribution in [0.2, 0.25) is 0 Å². The SMILES string of the molecule is CCOCCOCC(O)CNCCC1CCC(C)CC1. The summed E-state index contributed by atoms with van der Waals surface area (Å²) in [7, 11) is 0. The van der Waals surface area contributed by atoms with E-state index in [9.17, 15) is 5.11 Å². The normalized spacial score (nSPS) is 24.8. The number of rotatable bonds is 11. The van der Waals surface area contributed by atoms with E-state index in [2.05, 4.69) is 12.2 Å². The maximum absolute atomic E-state index is 9.75. The summed E-state index contributed by atoms with van der Waals surface area (Å²) in [6.07, 6.45) is 6.37. The molecule has 0 aromatic carbocycles. The van der Waals surface area contributed by atoms with Gasteiger partial charge in [-0.2, -0.15) is 0 Å². The molecule has 0 aliphatic heterocycles. The average molecular weight is 287 g/mol. The lowest BCUT2D eigenvalue weighted by molar-refractivity contribution is 0.00645. The van der Waals surface area contributed by atoms with Gasteiger partial charge in [0.2, 0.25) is 0 Å². The Labute approximate surface area is 124 Å².